The third-order valence-electron chi connectivity index (χ3n) is 4.11. The van der Waals surface area contributed by atoms with Crippen LogP contribution < -0.4 is 0 Å². The van der Waals surface area contributed by atoms with Crippen molar-refractivity contribution in [1.29, 1.82) is 0 Å². The molecule has 1 aromatic heterocycles. The van der Waals surface area contributed by atoms with Crippen molar-refractivity contribution in [2.24, 2.45) is 0 Å². The first-order valence-electron chi connectivity index (χ1n) is 7.79. The normalized spacial score (nSPS) is 16.4. The maximum Gasteiger partial charge on any atom is 0.280 e. The molecule has 0 N–H and O–H groups in total. The third-order valence-corrected chi connectivity index (χ3v) is 4.11. The molecule has 0 saturated carbocycles. The lowest BCUT2D eigenvalue weighted by molar-refractivity contribution is -0.384. The zero-order chi connectivity index (χ0) is 15.4. The van der Waals surface area contributed by atoms with Crippen LogP contribution in [-0.2, 0) is 6.54 Å². The van der Waals surface area contributed by atoms with Gasteiger partial charge in [-0.2, -0.15) is 0 Å². The predicted molar refractivity (Wildman–Crippen MR) is 84.5 cm³/mol. The number of nitro benzene ring substituents is 1. The van der Waals surface area contributed by atoms with Gasteiger partial charge in [0.05, 0.1) is 17.0 Å². The third kappa shape index (κ3) is 3.36. The molecule has 3 rings (SSSR count). The summed E-state index contributed by atoms with van der Waals surface area (Å²) >= 11 is 0. The molecule has 2 heterocycles. The molecule has 1 aromatic carbocycles. The van der Waals surface area contributed by atoms with Crippen LogP contribution in [0.1, 0.15) is 31.4 Å². The topological polar surface area (TPSA) is 59.5 Å². The number of furan rings is 1. The summed E-state index contributed by atoms with van der Waals surface area (Å²) in [5, 5.41) is 11.1. The Bertz CT molecular complexity index is 643. The van der Waals surface area contributed by atoms with E-state index in [1.165, 1.54) is 31.7 Å². The van der Waals surface area contributed by atoms with E-state index >= 15 is 0 Å². The van der Waals surface area contributed by atoms with Crippen LogP contribution in [0.15, 0.2) is 40.8 Å². The van der Waals surface area contributed by atoms with Crippen LogP contribution in [0.5, 0.6) is 0 Å². The molecule has 0 amide bonds. The first-order valence-corrected chi connectivity index (χ1v) is 7.79. The Morgan fingerprint density at radius 1 is 1.05 bits per heavy atom. The lowest BCUT2D eigenvalue weighted by Gasteiger charge is -2.17. The highest BCUT2D eigenvalue weighted by molar-refractivity contribution is 5.69. The quantitative estimate of drug-likeness (QED) is 0.626. The van der Waals surface area contributed by atoms with E-state index < -0.39 is 0 Å². The summed E-state index contributed by atoms with van der Waals surface area (Å²) in [5.41, 5.74) is 0.618. The number of hydrogen-bond donors (Lipinski definition) is 0. The second kappa shape index (κ2) is 6.75. The van der Waals surface area contributed by atoms with Crippen molar-refractivity contribution in [3.63, 3.8) is 0 Å². The molecule has 1 saturated heterocycles. The predicted octanol–water partition coefficient (Wildman–Crippen LogP) is 4.23. The second-order valence-electron chi connectivity index (χ2n) is 5.73. The first kappa shape index (κ1) is 14.8. The zero-order valence-corrected chi connectivity index (χ0v) is 12.5. The van der Waals surface area contributed by atoms with Gasteiger partial charge in [0.1, 0.15) is 11.5 Å². The summed E-state index contributed by atoms with van der Waals surface area (Å²) < 4.78 is 5.86. The van der Waals surface area contributed by atoms with Gasteiger partial charge >= 0.3 is 0 Å². The highest BCUT2D eigenvalue weighted by atomic mass is 16.6. The lowest BCUT2D eigenvalue weighted by atomic mass is 10.1. The number of para-hydroxylation sites is 1. The summed E-state index contributed by atoms with van der Waals surface area (Å²) in [6, 6.07) is 10.5. The summed E-state index contributed by atoms with van der Waals surface area (Å²) in [4.78, 5) is 13.1. The molecule has 5 nitrogen and oxygen atoms in total. The molecule has 0 spiro atoms. The van der Waals surface area contributed by atoms with Crippen molar-refractivity contribution in [2.75, 3.05) is 13.1 Å². The van der Waals surface area contributed by atoms with Crippen molar-refractivity contribution in [1.82, 2.24) is 4.90 Å². The van der Waals surface area contributed by atoms with Crippen molar-refractivity contribution in [2.45, 2.75) is 32.2 Å². The molecule has 0 radical (unpaired) electrons. The van der Waals surface area contributed by atoms with Gasteiger partial charge in [0.2, 0.25) is 0 Å². The molecule has 1 aliphatic heterocycles. The molecular formula is C17H20N2O3. The smallest absolute Gasteiger partial charge is 0.280 e. The average molecular weight is 300 g/mol. The highest BCUT2D eigenvalue weighted by Crippen LogP contribution is 2.31. The van der Waals surface area contributed by atoms with E-state index in [4.69, 9.17) is 4.42 Å². The van der Waals surface area contributed by atoms with Crippen LogP contribution in [0.3, 0.4) is 0 Å². The fourth-order valence-corrected chi connectivity index (χ4v) is 2.96. The Morgan fingerprint density at radius 2 is 1.77 bits per heavy atom. The molecule has 0 atom stereocenters. The standard InChI is InChI=1S/C17H20N2O3/c20-19(21)16-8-4-3-7-15(16)17-10-9-14(22-17)13-18-11-5-1-2-6-12-18/h3-4,7-10H,1-2,5-6,11-13H2. The summed E-state index contributed by atoms with van der Waals surface area (Å²) in [7, 11) is 0. The molecule has 2 aromatic rings. The van der Waals surface area contributed by atoms with E-state index in [0.29, 0.717) is 11.3 Å². The molecule has 22 heavy (non-hydrogen) atoms. The summed E-state index contributed by atoms with van der Waals surface area (Å²) in [6.07, 6.45) is 5.07. The fourth-order valence-electron chi connectivity index (χ4n) is 2.96. The van der Waals surface area contributed by atoms with E-state index in [0.717, 1.165) is 25.4 Å². The van der Waals surface area contributed by atoms with Crippen molar-refractivity contribution >= 4 is 5.69 Å². The molecule has 5 heteroatoms. The van der Waals surface area contributed by atoms with Crippen LogP contribution in [0.25, 0.3) is 11.3 Å². The zero-order valence-electron chi connectivity index (χ0n) is 12.5. The molecule has 116 valence electrons. The minimum atomic E-state index is -0.369. The largest absolute Gasteiger partial charge is 0.459 e. The Labute approximate surface area is 129 Å². The van der Waals surface area contributed by atoms with E-state index in [1.54, 1.807) is 18.2 Å². The fraction of sp³-hybridized carbons (Fsp3) is 0.412. The van der Waals surface area contributed by atoms with E-state index in [2.05, 4.69) is 4.90 Å². The van der Waals surface area contributed by atoms with Gasteiger partial charge in [-0.1, -0.05) is 25.0 Å². The maximum atomic E-state index is 11.1. The molecule has 1 fully saturated rings. The molecule has 0 bridgehead atoms. The second-order valence-corrected chi connectivity index (χ2v) is 5.73. The average Bonchev–Trinajstić information content (AvgIpc) is 2.83. The monoisotopic (exact) mass is 300 g/mol. The highest BCUT2D eigenvalue weighted by Gasteiger charge is 2.18. The Morgan fingerprint density at radius 3 is 2.50 bits per heavy atom. The Hall–Kier alpha value is -2.14. The number of nitrogens with zero attached hydrogens (tertiary/aromatic N) is 2. The number of likely N-dealkylation sites (tertiary alicyclic amines) is 1. The Balaban J connectivity index is 1.77. The van der Waals surface area contributed by atoms with E-state index in [1.807, 2.05) is 12.1 Å². The van der Waals surface area contributed by atoms with E-state index in [9.17, 15) is 10.1 Å². The van der Waals surface area contributed by atoms with Gasteiger partial charge in [-0.25, -0.2) is 0 Å². The number of benzene rings is 1. The van der Waals surface area contributed by atoms with Crippen LogP contribution in [-0.4, -0.2) is 22.9 Å². The van der Waals surface area contributed by atoms with Gasteiger partial charge in [-0.05, 0) is 44.1 Å². The van der Waals surface area contributed by atoms with Crippen LogP contribution >= 0.6 is 0 Å². The van der Waals surface area contributed by atoms with Gasteiger partial charge in [0, 0.05) is 6.07 Å². The van der Waals surface area contributed by atoms with Gasteiger partial charge in [-0.3, -0.25) is 15.0 Å². The first-order chi connectivity index (χ1) is 10.7. The van der Waals surface area contributed by atoms with Crippen LogP contribution in [0.4, 0.5) is 5.69 Å². The lowest BCUT2D eigenvalue weighted by Crippen LogP contribution is -2.23. The number of rotatable bonds is 4. The molecule has 0 aliphatic carbocycles. The summed E-state index contributed by atoms with van der Waals surface area (Å²) in [5.74, 6) is 1.44. The van der Waals surface area contributed by atoms with E-state index in [-0.39, 0.29) is 10.6 Å². The van der Waals surface area contributed by atoms with Crippen LogP contribution in [0.2, 0.25) is 0 Å². The van der Waals surface area contributed by atoms with Crippen molar-refractivity contribution in [3.05, 3.63) is 52.3 Å². The minimum absolute atomic E-state index is 0.0816. The van der Waals surface area contributed by atoms with Gasteiger partial charge in [-0.15, -0.1) is 0 Å². The van der Waals surface area contributed by atoms with Crippen molar-refractivity contribution in [3.8, 4) is 11.3 Å². The van der Waals surface area contributed by atoms with Crippen molar-refractivity contribution < 1.29 is 9.34 Å². The van der Waals surface area contributed by atoms with Crippen LogP contribution in [0, 0.1) is 10.1 Å². The SMILES string of the molecule is O=[N+]([O-])c1ccccc1-c1ccc(CN2CCCCCC2)o1. The molecule has 1 aliphatic rings. The van der Waals surface area contributed by atoms with Gasteiger partial charge in [0.25, 0.3) is 5.69 Å². The van der Waals surface area contributed by atoms with Gasteiger partial charge in [0.15, 0.2) is 0 Å². The Kier molecular flexibility index (Phi) is 4.53. The number of hydrogen-bond acceptors (Lipinski definition) is 4. The maximum absolute atomic E-state index is 11.1. The minimum Gasteiger partial charge on any atom is -0.459 e. The number of nitro groups is 1. The van der Waals surface area contributed by atoms with Gasteiger partial charge < -0.3 is 4.42 Å². The molecular weight excluding hydrogens is 280 g/mol. The summed E-state index contributed by atoms with van der Waals surface area (Å²) in [6.45, 7) is 2.98. The molecule has 0 unspecified atom stereocenters.